The number of likely N-dealkylation sites (N-methyl/N-ethyl adjacent to an activating group) is 1. The van der Waals surface area contributed by atoms with E-state index in [4.69, 9.17) is 14.3 Å². The highest BCUT2D eigenvalue weighted by Crippen LogP contribution is 2.39. The van der Waals surface area contributed by atoms with Crippen LogP contribution in [-0.2, 0) is 15.5 Å². The maximum Gasteiger partial charge on any atom is 0.474 e. The summed E-state index contributed by atoms with van der Waals surface area (Å²) in [5.74, 6) is 0. The summed E-state index contributed by atoms with van der Waals surface area (Å²) < 4.78 is 16.1. The second-order valence-electron chi connectivity index (χ2n) is 5.81. The van der Waals surface area contributed by atoms with Gasteiger partial charge in [-0.1, -0.05) is 18.2 Å². The number of phosphoric acid groups is 1. The van der Waals surface area contributed by atoms with Gasteiger partial charge in [-0.15, -0.1) is 0 Å². The summed E-state index contributed by atoms with van der Waals surface area (Å²) in [6, 6.07) is 8.08. The van der Waals surface area contributed by atoms with Crippen LogP contribution in [0.15, 0.2) is 30.5 Å². The van der Waals surface area contributed by atoms with Crippen molar-refractivity contribution in [2.45, 2.75) is 19.6 Å². The summed E-state index contributed by atoms with van der Waals surface area (Å²) in [7, 11) is -0.667. The van der Waals surface area contributed by atoms with Gasteiger partial charge in [0.15, 0.2) is 0 Å². The first-order valence-corrected chi connectivity index (χ1v) is 8.34. The lowest BCUT2D eigenvalue weighted by molar-refractivity contribution is -0.931. The van der Waals surface area contributed by atoms with Crippen LogP contribution in [0.1, 0.15) is 12.5 Å². The van der Waals surface area contributed by atoms with Gasteiger partial charge in [0, 0.05) is 30.4 Å². The second-order valence-corrected chi connectivity index (χ2v) is 7.00. The smallest absolute Gasteiger partial charge is 0.361 e. The van der Waals surface area contributed by atoms with Gasteiger partial charge in [-0.05, 0) is 11.6 Å². The van der Waals surface area contributed by atoms with E-state index in [1.165, 1.54) is 10.9 Å². The number of hydrogen-bond acceptors (Lipinski definition) is 2. The van der Waals surface area contributed by atoms with E-state index in [0.29, 0.717) is 11.0 Å². The van der Waals surface area contributed by atoms with Crippen LogP contribution in [-0.4, -0.2) is 46.1 Å². The number of quaternary nitrogens is 1. The average Bonchev–Trinajstić information content (AvgIpc) is 2.77. The molecule has 1 unspecified atom stereocenters. The molecule has 7 heteroatoms. The lowest BCUT2D eigenvalue weighted by Gasteiger charge is -2.35. The summed E-state index contributed by atoms with van der Waals surface area (Å²) in [5, 5.41) is 1.18. The molecule has 0 aliphatic rings. The minimum absolute atomic E-state index is 0.366. The molecule has 1 heterocycles. The molecule has 0 spiro atoms. The molecule has 2 aromatic rings. The number of para-hydroxylation sites is 1. The van der Waals surface area contributed by atoms with Crippen molar-refractivity contribution in [1.82, 2.24) is 4.98 Å². The number of phosphoric ester groups is 1. The molecule has 3 N–H and O–H groups in total. The van der Waals surface area contributed by atoms with E-state index in [-0.39, 0.29) is 0 Å². The zero-order valence-corrected chi connectivity index (χ0v) is 13.4. The predicted octanol–water partition coefficient (Wildman–Crippen LogP) is 2.24. The molecule has 0 radical (unpaired) electrons. The van der Waals surface area contributed by atoms with Crippen molar-refractivity contribution in [2.75, 3.05) is 20.6 Å². The summed E-state index contributed by atoms with van der Waals surface area (Å²) in [4.78, 5) is 21.1. The summed E-state index contributed by atoms with van der Waals surface area (Å²) in [5.41, 5.74) is 2.29. The molecule has 0 aliphatic heterocycles. The normalized spacial score (nSPS) is 14.5. The SMILES string of the molecule is CC(OP(=O)(O)O)[N+](C)(C)CCc1c[nH]c2ccccc12. The molecule has 2 rings (SSSR count). The van der Waals surface area contributed by atoms with Crippen LogP contribution in [0.5, 0.6) is 0 Å². The van der Waals surface area contributed by atoms with E-state index in [0.717, 1.165) is 11.9 Å². The highest BCUT2D eigenvalue weighted by molar-refractivity contribution is 7.46. The number of H-pyrrole nitrogens is 1. The van der Waals surface area contributed by atoms with Crippen molar-refractivity contribution >= 4 is 18.7 Å². The van der Waals surface area contributed by atoms with Gasteiger partial charge in [0.2, 0.25) is 6.23 Å². The van der Waals surface area contributed by atoms with Gasteiger partial charge < -0.3 is 19.3 Å². The average molecular weight is 313 g/mol. The first kappa shape index (κ1) is 16.2. The van der Waals surface area contributed by atoms with Crippen molar-refractivity contribution in [2.24, 2.45) is 0 Å². The van der Waals surface area contributed by atoms with Crippen molar-refractivity contribution in [1.29, 1.82) is 0 Å². The van der Waals surface area contributed by atoms with E-state index < -0.39 is 14.1 Å². The number of hydrogen-bond donors (Lipinski definition) is 3. The van der Waals surface area contributed by atoms with E-state index >= 15 is 0 Å². The molecule has 0 fully saturated rings. The van der Waals surface area contributed by atoms with Gasteiger partial charge in [0.25, 0.3) is 0 Å². The number of aromatic amines is 1. The van der Waals surface area contributed by atoms with Gasteiger partial charge in [0.1, 0.15) is 0 Å². The maximum atomic E-state index is 11.0. The predicted molar refractivity (Wildman–Crippen MR) is 81.6 cm³/mol. The standard InChI is InChI=1S/C14H21N2O4P/c1-11(20-21(17,18)19)16(2,3)9-8-12-10-15-14-7-5-4-6-13(12)14/h4-7,10-11,15H,8-9H2,1-3H3,(H-,17,18,19)/p+1. The molecular weight excluding hydrogens is 291 g/mol. The highest BCUT2D eigenvalue weighted by Gasteiger charge is 2.31. The largest absolute Gasteiger partial charge is 0.474 e. The van der Waals surface area contributed by atoms with E-state index in [1.54, 1.807) is 6.92 Å². The zero-order valence-electron chi connectivity index (χ0n) is 12.5. The molecule has 21 heavy (non-hydrogen) atoms. The molecule has 1 aromatic heterocycles. The van der Waals surface area contributed by atoms with Crippen molar-refractivity contribution in [3.05, 3.63) is 36.0 Å². The van der Waals surface area contributed by atoms with E-state index in [9.17, 15) is 4.57 Å². The Morgan fingerprint density at radius 1 is 1.33 bits per heavy atom. The van der Waals surface area contributed by atoms with Crippen LogP contribution < -0.4 is 0 Å². The Bertz CT molecular complexity index is 662. The third-order valence-electron chi connectivity index (χ3n) is 3.91. The van der Waals surface area contributed by atoms with E-state index in [1.807, 2.05) is 38.5 Å². The van der Waals surface area contributed by atoms with Crippen LogP contribution in [0, 0.1) is 0 Å². The number of benzene rings is 1. The third kappa shape index (κ3) is 4.15. The Kier molecular flexibility index (Phi) is 4.56. The minimum Gasteiger partial charge on any atom is -0.361 e. The third-order valence-corrected chi connectivity index (χ3v) is 4.49. The summed E-state index contributed by atoms with van der Waals surface area (Å²) in [6.07, 6.45) is 2.20. The van der Waals surface area contributed by atoms with Crippen LogP contribution in [0.2, 0.25) is 0 Å². The Morgan fingerprint density at radius 2 is 2.00 bits per heavy atom. The quantitative estimate of drug-likeness (QED) is 0.434. The van der Waals surface area contributed by atoms with Crippen molar-refractivity contribution in [3.63, 3.8) is 0 Å². The molecule has 0 saturated carbocycles. The molecular formula is C14H22N2O4P+. The van der Waals surface area contributed by atoms with Crippen LogP contribution in [0.25, 0.3) is 10.9 Å². The molecule has 0 amide bonds. The Labute approximate surface area is 124 Å². The molecule has 1 atom stereocenters. The van der Waals surface area contributed by atoms with Gasteiger partial charge in [0.05, 0.1) is 20.6 Å². The molecule has 116 valence electrons. The number of rotatable bonds is 6. The number of aromatic nitrogens is 1. The number of nitrogens with one attached hydrogen (secondary N) is 1. The first-order valence-electron chi connectivity index (χ1n) is 6.81. The first-order chi connectivity index (χ1) is 9.69. The Balaban J connectivity index is 2.06. The molecule has 0 bridgehead atoms. The topological polar surface area (TPSA) is 82.6 Å². The fourth-order valence-electron chi connectivity index (χ4n) is 2.26. The minimum atomic E-state index is -4.46. The molecule has 0 aliphatic carbocycles. The Hall–Kier alpha value is -1.17. The Morgan fingerprint density at radius 3 is 2.67 bits per heavy atom. The fraction of sp³-hybridized carbons (Fsp3) is 0.429. The lowest BCUT2D eigenvalue weighted by Crippen LogP contribution is -2.49. The molecule has 6 nitrogen and oxygen atoms in total. The van der Waals surface area contributed by atoms with Crippen LogP contribution >= 0.6 is 7.82 Å². The van der Waals surface area contributed by atoms with Crippen LogP contribution in [0.4, 0.5) is 0 Å². The summed E-state index contributed by atoms with van der Waals surface area (Å²) in [6.45, 7) is 2.39. The van der Waals surface area contributed by atoms with Gasteiger partial charge in [-0.2, -0.15) is 0 Å². The van der Waals surface area contributed by atoms with E-state index in [2.05, 4.69) is 11.1 Å². The maximum absolute atomic E-state index is 11.0. The molecule has 0 saturated heterocycles. The van der Waals surface area contributed by atoms with Crippen molar-refractivity contribution in [3.8, 4) is 0 Å². The lowest BCUT2D eigenvalue weighted by atomic mass is 10.1. The van der Waals surface area contributed by atoms with Gasteiger partial charge in [-0.25, -0.2) is 9.09 Å². The number of nitrogens with zero attached hydrogens (tertiary/aromatic N) is 1. The summed E-state index contributed by atoms with van der Waals surface area (Å²) >= 11 is 0. The number of fused-ring (bicyclic) bond motifs is 1. The van der Waals surface area contributed by atoms with Crippen LogP contribution in [0.3, 0.4) is 0 Å². The van der Waals surface area contributed by atoms with Gasteiger partial charge in [-0.3, -0.25) is 0 Å². The van der Waals surface area contributed by atoms with Gasteiger partial charge >= 0.3 is 7.82 Å². The fourth-order valence-corrected chi connectivity index (χ4v) is 2.91. The zero-order chi connectivity index (χ0) is 15.7. The van der Waals surface area contributed by atoms with Crippen molar-refractivity contribution < 1.29 is 23.4 Å². The second kappa shape index (κ2) is 5.91. The monoisotopic (exact) mass is 313 g/mol. The molecule has 1 aromatic carbocycles. The highest BCUT2D eigenvalue weighted by atomic mass is 31.2.